The second-order valence-electron chi connectivity index (χ2n) is 7.06. The minimum absolute atomic E-state index is 0.665. The quantitative estimate of drug-likeness (QED) is 0.622. The third-order valence-electron chi connectivity index (χ3n) is 4.92. The van der Waals surface area contributed by atoms with Gasteiger partial charge in [0.15, 0.2) is 0 Å². The van der Waals surface area contributed by atoms with E-state index in [4.69, 9.17) is 0 Å². The van der Waals surface area contributed by atoms with Crippen LogP contribution in [0.4, 0.5) is 0 Å². The van der Waals surface area contributed by atoms with Crippen molar-refractivity contribution in [2.24, 2.45) is 11.8 Å². The van der Waals surface area contributed by atoms with Gasteiger partial charge in [0.1, 0.15) is 0 Å². The van der Waals surface area contributed by atoms with Crippen LogP contribution in [-0.2, 0) is 0 Å². The van der Waals surface area contributed by atoms with Crippen molar-refractivity contribution >= 4 is 28.2 Å². The Hall–Kier alpha value is -0.350. The van der Waals surface area contributed by atoms with Crippen LogP contribution in [0.15, 0.2) is 30.3 Å². The van der Waals surface area contributed by atoms with E-state index in [0.717, 1.165) is 11.8 Å². The van der Waals surface area contributed by atoms with Gasteiger partial charge in [-0.1, -0.05) is 32.1 Å². The summed E-state index contributed by atoms with van der Waals surface area (Å²) in [5.74, 6) is 1.71. The van der Waals surface area contributed by atoms with Crippen LogP contribution in [0.25, 0.3) is 5.57 Å². The molecule has 0 radical (unpaired) electrons. The van der Waals surface area contributed by atoms with E-state index in [1.807, 2.05) is 0 Å². The van der Waals surface area contributed by atoms with E-state index in [-0.39, 0.29) is 0 Å². The van der Waals surface area contributed by atoms with Crippen molar-refractivity contribution in [1.82, 2.24) is 4.90 Å². The molecule has 0 spiro atoms. The molecule has 21 heavy (non-hydrogen) atoms. The van der Waals surface area contributed by atoms with Crippen molar-refractivity contribution < 1.29 is 0 Å². The van der Waals surface area contributed by atoms with Gasteiger partial charge in [0.25, 0.3) is 0 Å². The van der Waals surface area contributed by atoms with Crippen LogP contribution in [0, 0.1) is 15.4 Å². The molecule has 0 bridgehead atoms. The standard InChI is InChI=1S/C19H26IN/c1-14-10-15(2)13-21(12-14)19-5-3-4-17(11-19)16-6-8-18(20)9-7-16/h6-9,11,14-15,19H,3-5,10,12-13H2,1-2H3. The number of halogens is 1. The number of hydrogen-bond donors (Lipinski definition) is 0. The lowest BCUT2D eigenvalue weighted by Crippen LogP contribution is -2.45. The summed E-state index contributed by atoms with van der Waals surface area (Å²) in [7, 11) is 0. The number of nitrogens with zero attached hydrogens (tertiary/aromatic N) is 1. The molecule has 3 atom stereocenters. The fraction of sp³-hybridized carbons (Fsp3) is 0.579. The lowest BCUT2D eigenvalue weighted by Gasteiger charge is -2.40. The van der Waals surface area contributed by atoms with Crippen LogP contribution in [0.1, 0.15) is 45.1 Å². The molecule has 1 aliphatic carbocycles. The Bertz CT molecular complexity index is 495. The Morgan fingerprint density at radius 3 is 2.38 bits per heavy atom. The molecule has 1 aromatic carbocycles. The van der Waals surface area contributed by atoms with E-state index < -0.39 is 0 Å². The molecule has 0 aromatic heterocycles. The van der Waals surface area contributed by atoms with Gasteiger partial charge < -0.3 is 0 Å². The average Bonchev–Trinajstić information content (AvgIpc) is 2.47. The highest BCUT2D eigenvalue weighted by Crippen LogP contribution is 2.32. The number of allylic oxidation sites excluding steroid dienone is 1. The Morgan fingerprint density at radius 2 is 1.71 bits per heavy atom. The predicted molar refractivity (Wildman–Crippen MR) is 99.3 cm³/mol. The smallest absolute Gasteiger partial charge is 0.0284 e. The van der Waals surface area contributed by atoms with Gasteiger partial charge in [-0.25, -0.2) is 0 Å². The Kier molecular flexibility index (Phi) is 5.05. The Labute approximate surface area is 142 Å². The molecule has 3 rings (SSSR count). The van der Waals surface area contributed by atoms with Crippen LogP contribution in [-0.4, -0.2) is 24.0 Å². The molecule has 1 saturated heterocycles. The van der Waals surface area contributed by atoms with Gasteiger partial charge in [-0.15, -0.1) is 0 Å². The normalized spacial score (nSPS) is 31.0. The largest absolute Gasteiger partial charge is 0.296 e. The average molecular weight is 395 g/mol. The van der Waals surface area contributed by atoms with Crippen LogP contribution >= 0.6 is 22.6 Å². The summed E-state index contributed by atoms with van der Waals surface area (Å²) >= 11 is 2.38. The molecule has 2 heteroatoms. The van der Waals surface area contributed by atoms with Crippen LogP contribution in [0.2, 0.25) is 0 Å². The van der Waals surface area contributed by atoms with Gasteiger partial charge in [0.2, 0.25) is 0 Å². The summed E-state index contributed by atoms with van der Waals surface area (Å²) in [6.07, 6.45) is 7.89. The second kappa shape index (κ2) is 6.82. The summed E-state index contributed by atoms with van der Waals surface area (Å²) < 4.78 is 1.32. The van der Waals surface area contributed by atoms with Gasteiger partial charge in [-0.05, 0) is 83.4 Å². The van der Waals surface area contributed by atoms with Crippen molar-refractivity contribution in [3.05, 3.63) is 39.5 Å². The van der Waals surface area contributed by atoms with Gasteiger partial charge in [0.05, 0.1) is 0 Å². The van der Waals surface area contributed by atoms with E-state index in [2.05, 4.69) is 71.7 Å². The molecule has 1 aromatic rings. The minimum atomic E-state index is 0.665. The Balaban J connectivity index is 1.77. The summed E-state index contributed by atoms with van der Waals surface area (Å²) in [6, 6.07) is 9.70. The number of benzene rings is 1. The number of piperidine rings is 1. The fourth-order valence-electron chi connectivity index (χ4n) is 4.08. The first-order valence-electron chi connectivity index (χ1n) is 8.32. The minimum Gasteiger partial charge on any atom is -0.296 e. The van der Waals surface area contributed by atoms with Crippen molar-refractivity contribution in [2.45, 2.75) is 45.6 Å². The van der Waals surface area contributed by atoms with Gasteiger partial charge in [0, 0.05) is 22.7 Å². The monoisotopic (exact) mass is 395 g/mol. The van der Waals surface area contributed by atoms with E-state index in [1.54, 1.807) is 5.57 Å². The maximum absolute atomic E-state index is 2.74. The second-order valence-corrected chi connectivity index (χ2v) is 8.30. The third-order valence-corrected chi connectivity index (χ3v) is 5.64. The van der Waals surface area contributed by atoms with Crippen LogP contribution in [0.3, 0.4) is 0 Å². The first-order chi connectivity index (χ1) is 10.1. The molecule has 1 nitrogen and oxygen atoms in total. The highest BCUT2D eigenvalue weighted by atomic mass is 127. The molecule has 1 aliphatic heterocycles. The van der Waals surface area contributed by atoms with Crippen molar-refractivity contribution in [3.63, 3.8) is 0 Å². The maximum atomic E-state index is 2.74. The lowest BCUT2D eigenvalue weighted by atomic mass is 9.86. The first-order valence-corrected chi connectivity index (χ1v) is 9.40. The topological polar surface area (TPSA) is 3.24 Å². The van der Waals surface area contributed by atoms with E-state index in [0.29, 0.717) is 6.04 Å². The molecule has 3 unspecified atom stereocenters. The molecule has 0 saturated carbocycles. The summed E-state index contributed by atoms with van der Waals surface area (Å²) in [4.78, 5) is 2.74. The van der Waals surface area contributed by atoms with Gasteiger partial charge >= 0.3 is 0 Å². The molecule has 0 amide bonds. The summed E-state index contributed by atoms with van der Waals surface area (Å²) in [5, 5.41) is 0. The zero-order chi connectivity index (χ0) is 14.8. The maximum Gasteiger partial charge on any atom is 0.0284 e. The third kappa shape index (κ3) is 3.89. The van der Waals surface area contributed by atoms with E-state index in [1.165, 1.54) is 47.9 Å². The van der Waals surface area contributed by atoms with E-state index >= 15 is 0 Å². The lowest BCUT2D eigenvalue weighted by molar-refractivity contribution is 0.108. The molecule has 114 valence electrons. The number of hydrogen-bond acceptors (Lipinski definition) is 1. The molecule has 0 N–H and O–H groups in total. The van der Waals surface area contributed by atoms with Crippen LogP contribution < -0.4 is 0 Å². The SMILES string of the molecule is CC1CC(C)CN(C2C=C(c3ccc(I)cc3)CCC2)C1. The van der Waals surface area contributed by atoms with Crippen molar-refractivity contribution in [3.8, 4) is 0 Å². The fourth-order valence-corrected chi connectivity index (χ4v) is 4.43. The number of rotatable bonds is 2. The molecule has 1 heterocycles. The molecular weight excluding hydrogens is 369 g/mol. The molecule has 2 aliphatic rings. The molecular formula is C19H26IN. The summed E-state index contributed by atoms with van der Waals surface area (Å²) in [6.45, 7) is 7.39. The Morgan fingerprint density at radius 1 is 1.05 bits per heavy atom. The van der Waals surface area contributed by atoms with Crippen molar-refractivity contribution in [1.29, 1.82) is 0 Å². The van der Waals surface area contributed by atoms with Crippen LogP contribution in [0.5, 0.6) is 0 Å². The van der Waals surface area contributed by atoms with E-state index in [9.17, 15) is 0 Å². The highest BCUT2D eigenvalue weighted by molar-refractivity contribution is 14.1. The first kappa shape index (κ1) is 15.5. The van der Waals surface area contributed by atoms with Crippen molar-refractivity contribution in [2.75, 3.05) is 13.1 Å². The zero-order valence-electron chi connectivity index (χ0n) is 13.2. The van der Waals surface area contributed by atoms with Gasteiger partial charge in [-0.2, -0.15) is 0 Å². The summed E-state index contributed by atoms with van der Waals surface area (Å²) in [5.41, 5.74) is 2.99. The highest BCUT2D eigenvalue weighted by Gasteiger charge is 2.28. The van der Waals surface area contributed by atoms with Gasteiger partial charge in [-0.3, -0.25) is 4.90 Å². The predicted octanol–water partition coefficient (Wildman–Crippen LogP) is 5.21. The zero-order valence-corrected chi connectivity index (χ0v) is 15.3. The number of likely N-dealkylation sites (tertiary alicyclic amines) is 1. The molecule has 1 fully saturated rings.